The monoisotopic (exact) mass is 360 g/mol. The summed E-state index contributed by atoms with van der Waals surface area (Å²) >= 11 is 5.99. The van der Waals surface area contributed by atoms with Gasteiger partial charge < -0.3 is 0 Å². The highest BCUT2D eigenvalue weighted by atomic mass is 35.5. The summed E-state index contributed by atoms with van der Waals surface area (Å²) in [6, 6.07) is 18.1. The predicted molar refractivity (Wildman–Crippen MR) is 105 cm³/mol. The van der Waals surface area contributed by atoms with Gasteiger partial charge in [0.1, 0.15) is 10.9 Å². The summed E-state index contributed by atoms with van der Waals surface area (Å²) in [5, 5.41) is 0.400. The van der Waals surface area contributed by atoms with Crippen molar-refractivity contribution in [3.05, 3.63) is 82.6 Å². The zero-order valence-corrected chi connectivity index (χ0v) is 15.1. The van der Waals surface area contributed by atoms with Gasteiger partial charge in [-0.2, -0.15) is 0 Å². The van der Waals surface area contributed by atoms with E-state index in [0.717, 1.165) is 33.7 Å². The number of aryl methyl sites for hydroxylation is 1. The first-order valence-corrected chi connectivity index (χ1v) is 8.87. The van der Waals surface area contributed by atoms with Gasteiger partial charge >= 0.3 is 0 Å². The highest BCUT2D eigenvalue weighted by Gasteiger charge is 2.18. The third kappa shape index (κ3) is 3.44. The van der Waals surface area contributed by atoms with Gasteiger partial charge in [0.05, 0.1) is 11.4 Å². The van der Waals surface area contributed by atoms with Gasteiger partial charge in [-0.25, -0.2) is 4.98 Å². The van der Waals surface area contributed by atoms with Gasteiger partial charge in [0, 0.05) is 24.6 Å². The molecule has 0 bridgehead atoms. The highest BCUT2D eigenvalue weighted by molar-refractivity contribution is 6.30. The molecule has 2 heterocycles. The van der Waals surface area contributed by atoms with Crippen molar-refractivity contribution in [3.63, 3.8) is 0 Å². The van der Waals surface area contributed by atoms with Gasteiger partial charge in [-0.1, -0.05) is 47.5 Å². The number of Topliss-reactive ketones (excluding diaryl/α,β-unsaturated/α-hetero) is 1. The highest BCUT2D eigenvalue weighted by Crippen LogP contribution is 2.31. The van der Waals surface area contributed by atoms with Gasteiger partial charge in [-0.05, 0) is 47.9 Å². The summed E-state index contributed by atoms with van der Waals surface area (Å²) in [5.74, 6) is 0.150. The molecule has 0 amide bonds. The molecule has 0 N–H and O–H groups in total. The fraction of sp³-hybridized carbons (Fsp3) is 0.136. The van der Waals surface area contributed by atoms with Crippen LogP contribution in [0.4, 0.5) is 5.69 Å². The second-order valence-electron chi connectivity index (χ2n) is 6.53. The molecule has 1 aliphatic rings. The topological polar surface area (TPSA) is 42.3 Å². The fourth-order valence-corrected chi connectivity index (χ4v) is 3.41. The van der Waals surface area contributed by atoms with Crippen molar-refractivity contribution in [1.82, 2.24) is 4.98 Å². The number of rotatable bonds is 2. The normalized spacial score (nSPS) is 13.8. The summed E-state index contributed by atoms with van der Waals surface area (Å²) in [7, 11) is 0. The number of halogens is 1. The Morgan fingerprint density at radius 2 is 1.77 bits per heavy atom. The molecule has 3 aromatic rings. The van der Waals surface area contributed by atoms with Crippen molar-refractivity contribution < 1.29 is 4.79 Å². The second kappa shape index (κ2) is 6.85. The van der Waals surface area contributed by atoms with E-state index < -0.39 is 0 Å². The van der Waals surface area contributed by atoms with E-state index in [1.807, 2.05) is 18.2 Å². The lowest BCUT2D eigenvalue weighted by Crippen LogP contribution is -2.09. The fourth-order valence-electron chi connectivity index (χ4n) is 3.24. The van der Waals surface area contributed by atoms with Crippen LogP contribution in [0.15, 0.2) is 65.8 Å². The first-order chi connectivity index (χ1) is 12.6. The first-order valence-electron chi connectivity index (χ1n) is 8.50. The Hall–Kier alpha value is -2.78. The number of pyridine rings is 1. The molecule has 4 rings (SSSR count). The molecular weight excluding hydrogens is 344 g/mol. The average Bonchev–Trinajstić information content (AvgIpc) is 2.79. The van der Waals surface area contributed by atoms with E-state index in [2.05, 4.69) is 42.2 Å². The minimum atomic E-state index is 0.150. The largest absolute Gasteiger partial charge is 0.299 e. The molecule has 0 radical (unpaired) electrons. The molecule has 1 aromatic heterocycles. The van der Waals surface area contributed by atoms with E-state index in [0.29, 0.717) is 18.0 Å². The van der Waals surface area contributed by atoms with Gasteiger partial charge in [0.15, 0.2) is 0 Å². The van der Waals surface area contributed by atoms with Crippen LogP contribution in [0.1, 0.15) is 23.1 Å². The molecule has 0 saturated heterocycles. The Morgan fingerprint density at radius 1 is 0.923 bits per heavy atom. The third-order valence-corrected chi connectivity index (χ3v) is 4.71. The number of hydrogen-bond acceptors (Lipinski definition) is 3. The first kappa shape index (κ1) is 16.7. The van der Waals surface area contributed by atoms with Crippen molar-refractivity contribution in [3.8, 4) is 11.1 Å². The molecule has 0 fully saturated rings. The molecule has 26 heavy (non-hydrogen) atoms. The number of aliphatic imine (C=N–C) groups is 1. The van der Waals surface area contributed by atoms with Crippen molar-refractivity contribution >= 4 is 28.8 Å². The molecule has 0 unspecified atom stereocenters. The molecule has 0 atom stereocenters. The van der Waals surface area contributed by atoms with E-state index in [-0.39, 0.29) is 5.78 Å². The van der Waals surface area contributed by atoms with E-state index >= 15 is 0 Å². The van der Waals surface area contributed by atoms with Crippen LogP contribution in [0.3, 0.4) is 0 Å². The molecular formula is C22H17ClN2O. The Morgan fingerprint density at radius 3 is 2.58 bits per heavy atom. The minimum Gasteiger partial charge on any atom is -0.299 e. The summed E-state index contributed by atoms with van der Waals surface area (Å²) in [4.78, 5) is 21.2. The van der Waals surface area contributed by atoms with Gasteiger partial charge in [0.25, 0.3) is 0 Å². The average molecular weight is 361 g/mol. The zero-order chi connectivity index (χ0) is 18.1. The number of nitrogens with zero attached hydrogens (tertiary/aromatic N) is 2. The Kier molecular flexibility index (Phi) is 4.39. The molecule has 1 aliphatic heterocycles. The number of carbonyl (C=O) groups is 1. The van der Waals surface area contributed by atoms with Crippen LogP contribution in [0.2, 0.25) is 5.15 Å². The lowest BCUT2D eigenvalue weighted by Gasteiger charge is -2.08. The van der Waals surface area contributed by atoms with Crippen LogP contribution >= 0.6 is 11.6 Å². The maximum atomic E-state index is 12.5. The van der Waals surface area contributed by atoms with E-state index in [1.54, 1.807) is 12.3 Å². The lowest BCUT2D eigenvalue weighted by molar-refractivity contribution is -0.117. The van der Waals surface area contributed by atoms with Crippen molar-refractivity contribution in [1.29, 1.82) is 0 Å². The second-order valence-corrected chi connectivity index (χ2v) is 6.92. The van der Waals surface area contributed by atoms with Crippen LogP contribution in [0.25, 0.3) is 11.1 Å². The van der Waals surface area contributed by atoms with E-state index in [1.165, 1.54) is 5.56 Å². The maximum Gasteiger partial charge on any atom is 0.143 e. The summed E-state index contributed by atoms with van der Waals surface area (Å²) in [5.41, 5.74) is 6.85. The third-order valence-electron chi connectivity index (χ3n) is 4.50. The number of aromatic nitrogens is 1. The minimum absolute atomic E-state index is 0.150. The molecule has 4 heteroatoms. The number of carbonyl (C=O) groups excluding carboxylic acids is 1. The van der Waals surface area contributed by atoms with Crippen LogP contribution < -0.4 is 0 Å². The molecule has 128 valence electrons. The molecule has 3 nitrogen and oxygen atoms in total. The summed E-state index contributed by atoms with van der Waals surface area (Å²) in [6.45, 7) is 2.08. The van der Waals surface area contributed by atoms with Crippen LogP contribution in [0.5, 0.6) is 0 Å². The Balaban J connectivity index is 1.78. The summed E-state index contributed by atoms with van der Waals surface area (Å²) < 4.78 is 0. The number of benzene rings is 2. The maximum absolute atomic E-state index is 12.5. The smallest absolute Gasteiger partial charge is 0.143 e. The Bertz CT molecular complexity index is 1040. The van der Waals surface area contributed by atoms with Crippen LogP contribution in [-0.4, -0.2) is 16.5 Å². The van der Waals surface area contributed by atoms with E-state index in [9.17, 15) is 4.79 Å². The molecule has 2 aromatic carbocycles. The van der Waals surface area contributed by atoms with Crippen molar-refractivity contribution in [2.24, 2.45) is 4.99 Å². The number of fused-ring (bicyclic) bond motifs is 1. The quantitative estimate of drug-likeness (QED) is 0.578. The van der Waals surface area contributed by atoms with Crippen LogP contribution in [-0.2, 0) is 11.2 Å². The SMILES string of the molecule is Cc1cccc(-c2ccc3c(c2)CC(=O)CC(c2ccnc(Cl)c2)=N3)c1. The number of hydrogen-bond donors (Lipinski definition) is 0. The summed E-state index contributed by atoms with van der Waals surface area (Å²) in [6.07, 6.45) is 2.33. The Labute approximate surface area is 157 Å². The molecule has 0 aliphatic carbocycles. The van der Waals surface area contributed by atoms with Crippen LogP contribution in [0, 0.1) is 6.92 Å². The van der Waals surface area contributed by atoms with Crippen molar-refractivity contribution in [2.75, 3.05) is 0 Å². The zero-order valence-electron chi connectivity index (χ0n) is 14.4. The standard InChI is InChI=1S/C22H17ClN2O/c1-14-3-2-4-15(9-14)16-5-6-20-18(10-16)11-19(26)13-21(25-20)17-7-8-24-22(23)12-17/h2-10,12H,11,13H2,1H3. The molecule has 0 saturated carbocycles. The lowest BCUT2D eigenvalue weighted by atomic mass is 9.98. The van der Waals surface area contributed by atoms with E-state index in [4.69, 9.17) is 16.6 Å². The van der Waals surface area contributed by atoms with Gasteiger partial charge in [-0.3, -0.25) is 9.79 Å². The molecule has 0 spiro atoms. The number of ketones is 1. The van der Waals surface area contributed by atoms with Gasteiger partial charge in [-0.15, -0.1) is 0 Å². The van der Waals surface area contributed by atoms with Crippen molar-refractivity contribution in [2.45, 2.75) is 19.8 Å². The van der Waals surface area contributed by atoms with Gasteiger partial charge in [0.2, 0.25) is 0 Å². The predicted octanol–water partition coefficient (Wildman–Crippen LogP) is 5.35.